The molecule has 0 spiro atoms. The summed E-state index contributed by atoms with van der Waals surface area (Å²) < 4.78 is 0. The van der Waals surface area contributed by atoms with E-state index in [1.54, 1.807) is 0 Å². The molecule has 10 heteroatoms. The van der Waals surface area contributed by atoms with Crippen molar-refractivity contribution < 1.29 is 73.7 Å². The summed E-state index contributed by atoms with van der Waals surface area (Å²) in [5.41, 5.74) is 0. The molecule has 8 nitrogen and oxygen atoms in total. The molecular formula is C72H132Cu2O8. The van der Waals surface area contributed by atoms with E-state index in [2.05, 4.69) is 76.3 Å². The third kappa shape index (κ3) is 106. The molecule has 0 aliphatic rings. The molecule has 0 saturated heterocycles. The maximum Gasteiger partial charge on any atom is 2.00 e. The normalized spacial score (nSPS) is 11.0. The summed E-state index contributed by atoms with van der Waals surface area (Å²) in [6.45, 7) is 9.02. The van der Waals surface area contributed by atoms with Crippen molar-refractivity contribution in [2.24, 2.45) is 0 Å². The minimum absolute atomic E-state index is 0. The second-order valence-electron chi connectivity index (χ2n) is 22.8. The molecule has 0 aromatic heterocycles. The summed E-state index contributed by atoms with van der Waals surface area (Å²) >= 11 is 0. The number of allylic oxidation sites excluding steroid dienone is 8. The Labute approximate surface area is 530 Å². The fraction of sp³-hybridized carbons (Fsp3) is 0.833. The molecule has 490 valence electrons. The third-order valence-corrected chi connectivity index (χ3v) is 14.6. The van der Waals surface area contributed by atoms with Crippen LogP contribution in [-0.4, -0.2) is 23.9 Å². The van der Waals surface area contributed by atoms with Crippen molar-refractivity contribution in [3.8, 4) is 0 Å². The standard InChI is InChI=1S/4C18H34O2.2Cu/c4*1-2-3-4-5-6-7-8-9-10-11-12-13-14-15-16-17-18(19)20;;/h4*9-10H,2-8,11-17H2,1H3,(H,19,20);;/q;;;;2*+2/p-4/b4*10-9-;;. The van der Waals surface area contributed by atoms with Gasteiger partial charge in [0.15, 0.2) is 0 Å². The van der Waals surface area contributed by atoms with Crippen molar-refractivity contribution in [1.29, 1.82) is 0 Å². The molecule has 0 N–H and O–H groups in total. The number of aliphatic carboxylic acids is 4. The van der Waals surface area contributed by atoms with E-state index in [-0.39, 0.29) is 59.8 Å². The van der Waals surface area contributed by atoms with Gasteiger partial charge in [-0.1, -0.05) is 282 Å². The molecule has 0 aromatic carbocycles. The molecule has 0 aliphatic carbocycles. The first-order valence-corrected chi connectivity index (χ1v) is 34.5. The zero-order valence-corrected chi connectivity index (χ0v) is 56.0. The SMILES string of the molecule is CCCCCCCC/C=C\CCCCCCCC(=O)[O-].CCCCCCCC/C=C\CCCCCCCC(=O)[O-].CCCCCCCC/C=C\CCCCCCCC(=O)[O-].CCCCCCCC/C=C\CCCCCCCC(=O)[O-].[Cu+2].[Cu+2]. The number of carboxylic acids is 4. The van der Waals surface area contributed by atoms with E-state index in [4.69, 9.17) is 0 Å². The van der Waals surface area contributed by atoms with Gasteiger partial charge < -0.3 is 39.6 Å². The van der Waals surface area contributed by atoms with E-state index in [1.165, 1.54) is 257 Å². The van der Waals surface area contributed by atoms with Gasteiger partial charge in [0.25, 0.3) is 0 Å². The molecule has 0 aliphatic heterocycles. The molecule has 0 fully saturated rings. The van der Waals surface area contributed by atoms with Gasteiger partial charge in [0.05, 0.1) is 0 Å². The van der Waals surface area contributed by atoms with E-state index in [9.17, 15) is 39.6 Å². The summed E-state index contributed by atoms with van der Waals surface area (Å²) in [5, 5.41) is 40.9. The minimum atomic E-state index is -0.914. The fourth-order valence-electron chi connectivity index (χ4n) is 9.36. The predicted molar refractivity (Wildman–Crippen MR) is 338 cm³/mol. The molecule has 0 amide bonds. The molecule has 0 atom stereocenters. The van der Waals surface area contributed by atoms with Crippen LogP contribution < -0.4 is 20.4 Å². The first-order valence-electron chi connectivity index (χ1n) is 34.5. The quantitative estimate of drug-likeness (QED) is 0.0330. The molecule has 0 bridgehead atoms. The van der Waals surface area contributed by atoms with E-state index < -0.39 is 23.9 Å². The van der Waals surface area contributed by atoms with E-state index in [1.807, 2.05) is 0 Å². The Kier molecular flexibility index (Phi) is 97.3. The number of carboxylic acid groups (broad SMARTS) is 4. The van der Waals surface area contributed by atoms with Gasteiger partial charge in [0.1, 0.15) is 0 Å². The topological polar surface area (TPSA) is 161 Å². The average Bonchev–Trinajstić information content (AvgIpc) is 3.43. The summed E-state index contributed by atoms with van der Waals surface area (Å²) in [6.07, 6.45) is 83.6. The molecule has 2 radical (unpaired) electrons. The van der Waals surface area contributed by atoms with Gasteiger partial charge in [-0.25, -0.2) is 0 Å². The Morgan fingerprint density at radius 3 is 0.427 bits per heavy atom. The van der Waals surface area contributed by atoms with E-state index in [0.29, 0.717) is 0 Å². The first kappa shape index (κ1) is 91.1. The zero-order chi connectivity index (χ0) is 59.6. The van der Waals surface area contributed by atoms with Crippen molar-refractivity contribution in [1.82, 2.24) is 0 Å². The van der Waals surface area contributed by atoms with Crippen molar-refractivity contribution in [2.75, 3.05) is 0 Å². The predicted octanol–water partition coefficient (Wildman–Crippen LogP) is 19.1. The monoisotopic (exact) mass is 1250 g/mol. The number of hydrogen-bond acceptors (Lipinski definition) is 8. The van der Waals surface area contributed by atoms with Crippen LogP contribution in [0.5, 0.6) is 0 Å². The van der Waals surface area contributed by atoms with Crippen LogP contribution in [0.25, 0.3) is 0 Å². The zero-order valence-electron chi connectivity index (χ0n) is 54.1. The number of rotatable bonds is 60. The van der Waals surface area contributed by atoms with Crippen molar-refractivity contribution >= 4 is 23.9 Å². The second kappa shape index (κ2) is 87.7. The molecule has 0 aromatic rings. The fourth-order valence-corrected chi connectivity index (χ4v) is 9.36. The number of hydrogen-bond donors (Lipinski definition) is 0. The smallest absolute Gasteiger partial charge is 0.550 e. The van der Waals surface area contributed by atoms with E-state index >= 15 is 0 Å². The van der Waals surface area contributed by atoms with Gasteiger partial charge >= 0.3 is 34.1 Å². The summed E-state index contributed by atoms with van der Waals surface area (Å²) in [5.74, 6) is -3.66. The maximum absolute atomic E-state index is 10.2. The van der Waals surface area contributed by atoms with Crippen LogP contribution in [0.1, 0.15) is 387 Å². The van der Waals surface area contributed by atoms with Gasteiger partial charge in [-0.15, -0.1) is 0 Å². The molecule has 0 saturated carbocycles. The van der Waals surface area contributed by atoms with Gasteiger partial charge in [0, 0.05) is 23.9 Å². The Hall–Kier alpha value is -2.12. The summed E-state index contributed by atoms with van der Waals surface area (Å²) in [4.78, 5) is 40.9. The molecule has 82 heavy (non-hydrogen) atoms. The van der Waals surface area contributed by atoms with Crippen LogP contribution in [0.15, 0.2) is 48.6 Å². The Morgan fingerprint density at radius 2 is 0.305 bits per heavy atom. The van der Waals surface area contributed by atoms with Crippen LogP contribution in [0, 0.1) is 0 Å². The molecule has 0 unspecified atom stereocenters. The van der Waals surface area contributed by atoms with Crippen LogP contribution in [0.3, 0.4) is 0 Å². The van der Waals surface area contributed by atoms with E-state index in [0.717, 1.165) is 77.0 Å². The number of carbonyl (C=O) groups is 4. The number of unbranched alkanes of at least 4 members (excludes halogenated alkanes) is 44. The van der Waals surface area contributed by atoms with Crippen LogP contribution in [-0.2, 0) is 53.3 Å². The van der Waals surface area contributed by atoms with Gasteiger partial charge in [-0.05, 0) is 154 Å². The van der Waals surface area contributed by atoms with Crippen LogP contribution in [0.2, 0.25) is 0 Å². The largest absolute Gasteiger partial charge is 2.00 e. The van der Waals surface area contributed by atoms with Gasteiger partial charge in [0.2, 0.25) is 0 Å². The van der Waals surface area contributed by atoms with Crippen molar-refractivity contribution in [3.63, 3.8) is 0 Å². The summed E-state index contributed by atoms with van der Waals surface area (Å²) in [6, 6.07) is 0. The van der Waals surface area contributed by atoms with Crippen LogP contribution in [0.4, 0.5) is 0 Å². The third-order valence-electron chi connectivity index (χ3n) is 14.6. The maximum atomic E-state index is 10.2. The molecular weight excluding hydrogens is 1120 g/mol. The van der Waals surface area contributed by atoms with Crippen molar-refractivity contribution in [3.05, 3.63) is 48.6 Å². The Balaban J connectivity index is -0.000000233. The second-order valence-corrected chi connectivity index (χ2v) is 22.8. The number of carbonyl (C=O) groups excluding carboxylic acids is 4. The van der Waals surface area contributed by atoms with Gasteiger partial charge in [-0.3, -0.25) is 0 Å². The Bertz CT molecular complexity index is 1150. The Morgan fingerprint density at radius 1 is 0.195 bits per heavy atom. The van der Waals surface area contributed by atoms with Gasteiger partial charge in [-0.2, -0.15) is 0 Å². The molecule has 0 heterocycles. The minimum Gasteiger partial charge on any atom is -0.550 e. The van der Waals surface area contributed by atoms with Crippen molar-refractivity contribution in [2.45, 2.75) is 387 Å². The van der Waals surface area contributed by atoms with Crippen LogP contribution >= 0.6 is 0 Å². The summed E-state index contributed by atoms with van der Waals surface area (Å²) in [7, 11) is 0. The molecule has 0 rings (SSSR count). The average molecular weight is 1250 g/mol. The first-order chi connectivity index (χ1) is 39.1.